The minimum absolute atomic E-state index is 0.0950. The lowest BCUT2D eigenvalue weighted by molar-refractivity contribution is -0.164. The third-order valence-corrected chi connectivity index (χ3v) is 11.8. The van der Waals surface area contributed by atoms with Crippen molar-refractivity contribution in [1.82, 2.24) is 5.32 Å². The van der Waals surface area contributed by atoms with Crippen molar-refractivity contribution in [3.05, 3.63) is 35.4 Å². The van der Waals surface area contributed by atoms with Crippen molar-refractivity contribution in [2.45, 2.75) is 111 Å². The van der Waals surface area contributed by atoms with Gasteiger partial charge >= 0.3 is 0 Å². The average Bonchev–Trinajstić information content (AvgIpc) is 3.19. The van der Waals surface area contributed by atoms with Crippen LogP contribution in [-0.4, -0.2) is 17.1 Å². The molecule has 4 fully saturated rings. The van der Waals surface area contributed by atoms with Gasteiger partial charge < -0.3 is 10.4 Å². The molecule has 3 heteroatoms. The van der Waals surface area contributed by atoms with Crippen LogP contribution in [0, 0.1) is 53.3 Å². The van der Waals surface area contributed by atoms with Gasteiger partial charge in [-0.1, -0.05) is 63.4 Å². The van der Waals surface area contributed by atoms with Gasteiger partial charge in [-0.15, -0.1) is 0 Å². The molecule has 1 amide bonds. The van der Waals surface area contributed by atoms with Gasteiger partial charge in [-0.2, -0.15) is 0 Å². The topological polar surface area (TPSA) is 49.3 Å². The summed E-state index contributed by atoms with van der Waals surface area (Å²) in [6, 6.07) is 8.41. The lowest BCUT2D eigenvalue weighted by atomic mass is 9.44. The van der Waals surface area contributed by atoms with Crippen LogP contribution in [0.5, 0.6) is 0 Å². The fourth-order valence-corrected chi connectivity index (χ4v) is 9.79. The highest BCUT2D eigenvalue weighted by molar-refractivity contribution is 5.75. The first-order valence-electron chi connectivity index (χ1n) is 14.7. The summed E-state index contributed by atoms with van der Waals surface area (Å²) < 4.78 is 0. The number of carbonyl (C=O) groups is 1. The average molecular weight is 480 g/mol. The van der Waals surface area contributed by atoms with E-state index in [1.165, 1.54) is 62.5 Å². The Bertz CT molecular complexity index is 895. The molecular weight excluding hydrogens is 430 g/mol. The molecular formula is C32H49NO2. The molecule has 0 spiro atoms. The first kappa shape index (κ1) is 25.3. The number of aliphatic hydroxyl groups excluding tert-OH is 1. The smallest absolute Gasteiger partial charge is 0.220 e. The van der Waals surface area contributed by atoms with E-state index in [0.717, 1.165) is 24.7 Å². The molecule has 5 rings (SSSR count). The molecule has 0 aliphatic heterocycles. The SMILES string of the molecule is Cc1ccc(CNC(=O)CC[C@@H](C)C2CCC3C4C(O)CC5CCCCC5(C)C4CCC32C)cc1. The maximum Gasteiger partial charge on any atom is 0.220 e. The summed E-state index contributed by atoms with van der Waals surface area (Å²) >= 11 is 0. The Morgan fingerprint density at radius 1 is 1.03 bits per heavy atom. The molecule has 8 unspecified atom stereocenters. The predicted octanol–water partition coefficient (Wildman–Crippen LogP) is 7.05. The molecule has 0 saturated heterocycles. The van der Waals surface area contributed by atoms with Crippen LogP contribution in [0.1, 0.15) is 103 Å². The summed E-state index contributed by atoms with van der Waals surface area (Å²) in [6.45, 7) is 10.3. The number of benzene rings is 1. The molecule has 1 aromatic rings. The van der Waals surface area contributed by atoms with E-state index in [9.17, 15) is 9.90 Å². The molecule has 4 aliphatic carbocycles. The number of hydrogen-bond acceptors (Lipinski definition) is 2. The molecule has 9 atom stereocenters. The predicted molar refractivity (Wildman–Crippen MR) is 143 cm³/mol. The normalized spacial score (nSPS) is 41.4. The van der Waals surface area contributed by atoms with E-state index < -0.39 is 0 Å². The summed E-state index contributed by atoms with van der Waals surface area (Å²) in [5.74, 6) is 4.05. The van der Waals surface area contributed by atoms with Crippen LogP contribution in [0.25, 0.3) is 0 Å². The van der Waals surface area contributed by atoms with Gasteiger partial charge in [0.1, 0.15) is 0 Å². The molecule has 4 aliphatic rings. The first-order chi connectivity index (χ1) is 16.7. The monoisotopic (exact) mass is 479 g/mol. The fraction of sp³-hybridized carbons (Fsp3) is 0.781. The lowest BCUT2D eigenvalue weighted by Gasteiger charge is -2.62. The molecule has 0 radical (unpaired) electrons. The molecule has 0 aromatic heterocycles. The van der Waals surface area contributed by atoms with Crippen molar-refractivity contribution < 1.29 is 9.90 Å². The number of aliphatic hydroxyl groups is 1. The zero-order chi connectivity index (χ0) is 24.8. The van der Waals surface area contributed by atoms with Gasteiger partial charge in [0.15, 0.2) is 0 Å². The highest BCUT2D eigenvalue weighted by Gasteiger charge is 2.62. The Balaban J connectivity index is 1.19. The Hall–Kier alpha value is -1.35. The maximum atomic E-state index is 12.6. The number of fused-ring (bicyclic) bond motifs is 5. The van der Waals surface area contributed by atoms with Crippen LogP contribution in [0.3, 0.4) is 0 Å². The second-order valence-corrected chi connectivity index (χ2v) is 13.5. The van der Waals surface area contributed by atoms with Gasteiger partial charge in [0, 0.05) is 13.0 Å². The Kier molecular flexibility index (Phi) is 7.12. The summed E-state index contributed by atoms with van der Waals surface area (Å²) in [6.07, 6.45) is 13.2. The fourth-order valence-electron chi connectivity index (χ4n) is 9.79. The molecule has 3 nitrogen and oxygen atoms in total. The number of aryl methyl sites for hydroxylation is 1. The van der Waals surface area contributed by atoms with Crippen molar-refractivity contribution in [3.63, 3.8) is 0 Å². The largest absolute Gasteiger partial charge is 0.393 e. The van der Waals surface area contributed by atoms with Gasteiger partial charge in [0.2, 0.25) is 5.91 Å². The first-order valence-corrected chi connectivity index (χ1v) is 14.7. The van der Waals surface area contributed by atoms with Crippen LogP contribution < -0.4 is 5.32 Å². The number of rotatable bonds is 6. The van der Waals surface area contributed by atoms with Crippen molar-refractivity contribution in [2.24, 2.45) is 46.3 Å². The Morgan fingerprint density at radius 2 is 1.77 bits per heavy atom. The molecule has 0 heterocycles. The number of hydrogen-bond donors (Lipinski definition) is 2. The second kappa shape index (κ2) is 9.84. The zero-order valence-corrected chi connectivity index (χ0v) is 22.7. The zero-order valence-electron chi connectivity index (χ0n) is 22.7. The minimum Gasteiger partial charge on any atom is -0.393 e. The Labute approximate surface area is 213 Å². The van der Waals surface area contributed by atoms with Crippen LogP contribution in [0.4, 0.5) is 0 Å². The van der Waals surface area contributed by atoms with Crippen molar-refractivity contribution in [3.8, 4) is 0 Å². The van der Waals surface area contributed by atoms with Gasteiger partial charge in [-0.3, -0.25) is 4.79 Å². The van der Waals surface area contributed by atoms with E-state index >= 15 is 0 Å². The number of nitrogens with one attached hydrogen (secondary N) is 1. The molecule has 1 aromatic carbocycles. The molecule has 194 valence electrons. The molecule has 0 bridgehead atoms. The van der Waals surface area contributed by atoms with E-state index in [1.54, 1.807) is 0 Å². The second-order valence-electron chi connectivity index (χ2n) is 13.5. The van der Waals surface area contributed by atoms with Crippen molar-refractivity contribution >= 4 is 5.91 Å². The van der Waals surface area contributed by atoms with E-state index in [-0.39, 0.29) is 12.0 Å². The Morgan fingerprint density at radius 3 is 2.54 bits per heavy atom. The van der Waals surface area contributed by atoms with Crippen LogP contribution >= 0.6 is 0 Å². The van der Waals surface area contributed by atoms with Gasteiger partial charge in [0.25, 0.3) is 0 Å². The van der Waals surface area contributed by atoms with Crippen molar-refractivity contribution in [2.75, 3.05) is 0 Å². The lowest BCUT2D eigenvalue weighted by Crippen LogP contribution is -2.57. The van der Waals surface area contributed by atoms with Gasteiger partial charge in [-0.05, 0) is 110 Å². The quantitative estimate of drug-likeness (QED) is 0.459. The minimum atomic E-state index is -0.0950. The van der Waals surface area contributed by atoms with Crippen LogP contribution in [-0.2, 0) is 11.3 Å². The third-order valence-electron chi connectivity index (χ3n) is 11.8. The van der Waals surface area contributed by atoms with E-state index in [4.69, 9.17) is 0 Å². The standard InChI is InChI=1S/C32H49NO2/c1-21-8-11-23(12-9-21)20-33-29(35)15-10-22(2)25-13-14-26-30-27(16-18-32(25,26)4)31(3)17-6-5-7-24(31)19-28(30)34/h8-9,11-12,22,24-28,30,34H,5-7,10,13-20H2,1-4H3,(H,33,35)/t22-,24?,25?,26?,27?,28?,30?,31?,32?/m1/s1. The summed E-state index contributed by atoms with van der Waals surface area (Å²) in [7, 11) is 0. The molecule has 35 heavy (non-hydrogen) atoms. The highest BCUT2D eigenvalue weighted by atomic mass is 16.3. The van der Waals surface area contributed by atoms with Gasteiger partial charge in [0.05, 0.1) is 6.10 Å². The molecule has 2 N–H and O–H groups in total. The maximum absolute atomic E-state index is 12.6. The van der Waals surface area contributed by atoms with Crippen LogP contribution in [0.15, 0.2) is 24.3 Å². The third kappa shape index (κ3) is 4.60. The van der Waals surface area contributed by atoms with Crippen LogP contribution in [0.2, 0.25) is 0 Å². The highest BCUT2D eigenvalue weighted by Crippen LogP contribution is 2.68. The van der Waals surface area contributed by atoms with Crippen molar-refractivity contribution in [1.29, 1.82) is 0 Å². The van der Waals surface area contributed by atoms with E-state index in [2.05, 4.69) is 57.3 Å². The summed E-state index contributed by atoms with van der Waals surface area (Å²) in [4.78, 5) is 12.6. The number of carbonyl (C=O) groups excluding carboxylic acids is 1. The van der Waals surface area contributed by atoms with E-state index in [0.29, 0.717) is 47.5 Å². The number of amides is 1. The van der Waals surface area contributed by atoms with E-state index in [1.807, 2.05) is 0 Å². The summed E-state index contributed by atoms with van der Waals surface area (Å²) in [5, 5.41) is 14.6. The molecule has 4 saturated carbocycles. The van der Waals surface area contributed by atoms with Gasteiger partial charge in [-0.25, -0.2) is 0 Å². The summed E-state index contributed by atoms with van der Waals surface area (Å²) in [5.41, 5.74) is 3.21.